The van der Waals surface area contributed by atoms with E-state index in [-0.39, 0.29) is 22.0 Å². The van der Waals surface area contributed by atoms with E-state index in [9.17, 15) is 8.42 Å². The molecule has 0 amide bonds. The molecule has 0 radical (unpaired) electrons. The van der Waals surface area contributed by atoms with Gasteiger partial charge in [0.25, 0.3) is 0 Å². The first kappa shape index (κ1) is 16.5. The number of halogens is 2. The summed E-state index contributed by atoms with van der Waals surface area (Å²) in [6.07, 6.45) is 0. The van der Waals surface area contributed by atoms with Crippen molar-refractivity contribution in [3.63, 3.8) is 0 Å². The number of nitriles is 1. The standard InChI is InChI=1S/C13H10BrClN2O2S2/c1-17(8-10-2-5-13(14)20-10)21(18,19)11-3-4-12(15)9(6-11)7-16/h2-6H,8H2,1H3. The highest BCUT2D eigenvalue weighted by Crippen LogP contribution is 2.26. The van der Waals surface area contributed by atoms with E-state index in [1.807, 2.05) is 18.2 Å². The van der Waals surface area contributed by atoms with Gasteiger partial charge in [0.05, 0.1) is 19.3 Å². The fourth-order valence-electron chi connectivity index (χ4n) is 1.67. The lowest BCUT2D eigenvalue weighted by molar-refractivity contribution is 0.469. The van der Waals surface area contributed by atoms with Crippen LogP contribution in [0.5, 0.6) is 0 Å². The number of sulfonamides is 1. The lowest BCUT2D eigenvalue weighted by atomic mass is 10.2. The van der Waals surface area contributed by atoms with E-state index in [4.69, 9.17) is 16.9 Å². The summed E-state index contributed by atoms with van der Waals surface area (Å²) in [6.45, 7) is 0.267. The number of thiophene rings is 1. The van der Waals surface area contributed by atoms with Gasteiger partial charge in [-0.1, -0.05) is 11.6 Å². The van der Waals surface area contributed by atoms with Gasteiger partial charge in [-0.05, 0) is 46.3 Å². The topological polar surface area (TPSA) is 61.2 Å². The summed E-state index contributed by atoms with van der Waals surface area (Å²) in [4.78, 5) is 0.976. The maximum atomic E-state index is 12.5. The molecule has 0 saturated heterocycles. The maximum Gasteiger partial charge on any atom is 0.243 e. The summed E-state index contributed by atoms with van der Waals surface area (Å²) in [7, 11) is -2.16. The molecule has 0 aliphatic carbocycles. The van der Waals surface area contributed by atoms with Gasteiger partial charge in [0.1, 0.15) is 6.07 Å². The molecule has 2 aromatic rings. The quantitative estimate of drug-likeness (QED) is 0.776. The highest BCUT2D eigenvalue weighted by Gasteiger charge is 2.22. The van der Waals surface area contributed by atoms with Crippen LogP contribution in [-0.4, -0.2) is 19.8 Å². The highest BCUT2D eigenvalue weighted by molar-refractivity contribution is 9.11. The number of hydrogen-bond donors (Lipinski definition) is 0. The van der Waals surface area contributed by atoms with Gasteiger partial charge in [-0.3, -0.25) is 0 Å². The Bertz CT molecular complexity index is 812. The summed E-state index contributed by atoms with van der Waals surface area (Å²) < 4.78 is 27.2. The molecule has 0 N–H and O–H groups in total. The molecular formula is C13H10BrClN2O2S2. The summed E-state index contributed by atoms with van der Waals surface area (Å²) in [5.41, 5.74) is 0.144. The molecule has 4 nitrogen and oxygen atoms in total. The summed E-state index contributed by atoms with van der Waals surface area (Å²) in [5, 5.41) is 9.18. The zero-order chi connectivity index (χ0) is 15.6. The Morgan fingerprint density at radius 1 is 1.38 bits per heavy atom. The second-order valence-corrected chi connectivity index (χ2v) is 9.22. The van der Waals surface area contributed by atoms with Crippen LogP contribution in [0.3, 0.4) is 0 Å². The summed E-state index contributed by atoms with van der Waals surface area (Å²) in [6, 6.07) is 9.73. The van der Waals surface area contributed by atoms with Crippen molar-refractivity contribution in [2.75, 3.05) is 7.05 Å². The van der Waals surface area contributed by atoms with Crippen LogP contribution in [0.2, 0.25) is 5.02 Å². The van der Waals surface area contributed by atoms with Crippen LogP contribution in [0.15, 0.2) is 39.0 Å². The van der Waals surface area contributed by atoms with Crippen LogP contribution in [0, 0.1) is 11.3 Å². The van der Waals surface area contributed by atoms with Gasteiger partial charge in [0, 0.05) is 18.5 Å². The Kier molecular flexibility index (Phi) is 5.07. The van der Waals surface area contributed by atoms with Crippen molar-refractivity contribution in [2.24, 2.45) is 0 Å². The molecule has 110 valence electrons. The van der Waals surface area contributed by atoms with E-state index in [0.29, 0.717) is 0 Å². The Hall–Kier alpha value is -0.910. The van der Waals surface area contributed by atoms with Crippen molar-refractivity contribution in [3.8, 4) is 6.07 Å². The van der Waals surface area contributed by atoms with E-state index in [2.05, 4.69) is 15.9 Å². The number of nitrogens with zero attached hydrogens (tertiary/aromatic N) is 2. The van der Waals surface area contributed by atoms with Crippen molar-refractivity contribution in [1.29, 1.82) is 5.26 Å². The summed E-state index contributed by atoms with van der Waals surface area (Å²) >= 11 is 10.6. The third-order valence-electron chi connectivity index (χ3n) is 2.77. The Balaban J connectivity index is 2.31. The Morgan fingerprint density at radius 3 is 2.67 bits per heavy atom. The average molecular weight is 406 g/mol. The van der Waals surface area contributed by atoms with E-state index in [1.165, 1.54) is 40.9 Å². The first-order chi connectivity index (χ1) is 9.84. The lowest BCUT2D eigenvalue weighted by Gasteiger charge is -2.16. The number of rotatable bonds is 4. The molecule has 0 saturated carbocycles. The van der Waals surface area contributed by atoms with Crippen LogP contribution >= 0.6 is 38.9 Å². The van der Waals surface area contributed by atoms with Crippen LogP contribution < -0.4 is 0 Å². The summed E-state index contributed by atoms with van der Waals surface area (Å²) in [5.74, 6) is 0. The smallest absolute Gasteiger partial charge is 0.207 e. The molecule has 0 atom stereocenters. The van der Waals surface area contributed by atoms with E-state index in [1.54, 1.807) is 0 Å². The molecule has 0 bridgehead atoms. The van der Waals surface area contributed by atoms with Crippen molar-refractivity contribution in [3.05, 3.63) is 49.6 Å². The van der Waals surface area contributed by atoms with Gasteiger partial charge in [-0.25, -0.2) is 8.42 Å². The van der Waals surface area contributed by atoms with E-state index in [0.717, 1.165) is 8.66 Å². The minimum atomic E-state index is -3.66. The molecule has 8 heteroatoms. The second-order valence-electron chi connectivity index (χ2n) is 4.22. The third kappa shape index (κ3) is 3.65. The Morgan fingerprint density at radius 2 is 2.10 bits per heavy atom. The zero-order valence-corrected chi connectivity index (χ0v) is 14.9. The predicted octanol–water partition coefficient (Wildman–Crippen LogP) is 3.86. The zero-order valence-electron chi connectivity index (χ0n) is 10.9. The van der Waals surface area contributed by atoms with Gasteiger partial charge < -0.3 is 0 Å². The molecule has 0 unspecified atom stereocenters. The molecule has 1 aromatic carbocycles. The van der Waals surface area contributed by atoms with E-state index < -0.39 is 10.0 Å². The average Bonchev–Trinajstić information content (AvgIpc) is 2.84. The molecule has 0 fully saturated rings. The maximum absolute atomic E-state index is 12.5. The van der Waals surface area contributed by atoms with Crippen LogP contribution in [0.4, 0.5) is 0 Å². The molecule has 0 aliphatic rings. The molecule has 2 rings (SSSR count). The largest absolute Gasteiger partial charge is 0.243 e. The number of benzene rings is 1. The lowest BCUT2D eigenvalue weighted by Crippen LogP contribution is -2.26. The fourth-order valence-corrected chi connectivity index (χ4v) is 4.63. The first-order valence-electron chi connectivity index (χ1n) is 5.75. The SMILES string of the molecule is CN(Cc1ccc(Br)s1)S(=O)(=O)c1ccc(Cl)c(C#N)c1. The van der Waals surface area contributed by atoms with E-state index >= 15 is 0 Å². The van der Waals surface area contributed by atoms with Crippen molar-refractivity contribution < 1.29 is 8.42 Å². The fraction of sp³-hybridized carbons (Fsp3) is 0.154. The molecular weight excluding hydrogens is 396 g/mol. The van der Waals surface area contributed by atoms with Gasteiger partial charge in [0.15, 0.2) is 0 Å². The highest BCUT2D eigenvalue weighted by atomic mass is 79.9. The monoisotopic (exact) mass is 404 g/mol. The van der Waals surface area contributed by atoms with Crippen LogP contribution in [0.25, 0.3) is 0 Å². The van der Waals surface area contributed by atoms with Gasteiger partial charge in [-0.2, -0.15) is 9.57 Å². The van der Waals surface area contributed by atoms with Crippen LogP contribution in [0.1, 0.15) is 10.4 Å². The normalized spacial score (nSPS) is 11.6. The van der Waals surface area contributed by atoms with Crippen LogP contribution in [-0.2, 0) is 16.6 Å². The van der Waals surface area contributed by atoms with Gasteiger partial charge in [-0.15, -0.1) is 11.3 Å². The molecule has 1 heterocycles. The third-order valence-corrected chi connectivity index (χ3v) is 6.51. The van der Waals surface area contributed by atoms with Crippen molar-refractivity contribution in [2.45, 2.75) is 11.4 Å². The van der Waals surface area contributed by atoms with Crippen molar-refractivity contribution in [1.82, 2.24) is 4.31 Å². The second kappa shape index (κ2) is 6.46. The Labute approximate surface area is 140 Å². The minimum absolute atomic E-state index is 0.0570. The molecule has 21 heavy (non-hydrogen) atoms. The predicted molar refractivity (Wildman–Crippen MR) is 86.8 cm³/mol. The first-order valence-corrected chi connectivity index (χ1v) is 9.17. The van der Waals surface area contributed by atoms with Gasteiger partial charge in [0.2, 0.25) is 10.0 Å². The van der Waals surface area contributed by atoms with Gasteiger partial charge >= 0.3 is 0 Å². The molecule has 1 aromatic heterocycles. The molecule has 0 spiro atoms. The molecule has 0 aliphatic heterocycles. The number of hydrogen-bond acceptors (Lipinski definition) is 4. The minimum Gasteiger partial charge on any atom is -0.207 e. The van der Waals surface area contributed by atoms with Crippen molar-refractivity contribution >= 4 is 48.9 Å².